The van der Waals surface area contributed by atoms with E-state index in [4.69, 9.17) is 0 Å². The predicted molar refractivity (Wildman–Crippen MR) is 65.6 cm³/mol. The van der Waals surface area contributed by atoms with E-state index in [0.717, 1.165) is 12.5 Å². The number of rotatable bonds is 6. The van der Waals surface area contributed by atoms with Gasteiger partial charge < -0.3 is 5.32 Å². The van der Waals surface area contributed by atoms with E-state index < -0.39 is 0 Å². The van der Waals surface area contributed by atoms with Crippen molar-refractivity contribution in [2.24, 2.45) is 0 Å². The lowest BCUT2D eigenvalue weighted by molar-refractivity contribution is 0.619. The lowest BCUT2D eigenvalue weighted by Gasteiger charge is -2.00. The molecule has 15 heavy (non-hydrogen) atoms. The maximum absolute atomic E-state index is 4.55. The molecule has 84 valence electrons. The second-order valence-electron chi connectivity index (χ2n) is 4.43. The lowest BCUT2D eigenvalue weighted by Crippen LogP contribution is -2.17. The van der Waals surface area contributed by atoms with Crippen LogP contribution < -0.4 is 5.32 Å². The molecular formula is C12H20N2S. The van der Waals surface area contributed by atoms with Gasteiger partial charge in [-0.25, -0.2) is 4.98 Å². The zero-order chi connectivity index (χ0) is 10.7. The zero-order valence-corrected chi connectivity index (χ0v) is 10.5. The molecule has 0 saturated heterocycles. The second-order valence-corrected chi connectivity index (χ2v) is 5.72. The number of unbranched alkanes of at least 4 members (excludes halogenated alkanes) is 1. The van der Waals surface area contributed by atoms with Crippen LogP contribution in [-0.4, -0.2) is 17.6 Å². The summed E-state index contributed by atoms with van der Waals surface area (Å²) in [5.41, 5.74) is 1.21. The van der Waals surface area contributed by atoms with Gasteiger partial charge in [-0.15, -0.1) is 11.3 Å². The fourth-order valence-corrected chi connectivity index (χ4v) is 2.62. The van der Waals surface area contributed by atoms with Crippen molar-refractivity contribution in [1.82, 2.24) is 10.3 Å². The topological polar surface area (TPSA) is 24.9 Å². The number of nitrogens with one attached hydrogen (secondary N) is 1. The molecule has 1 aliphatic carbocycles. The summed E-state index contributed by atoms with van der Waals surface area (Å²) in [5.74, 6) is 0. The molecule has 0 bridgehead atoms. The molecule has 0 radical (unpaired) electrons. The molecule has 1 aliphatic rings. The fourth-order valence-electron chi connectivity index (χ4n) is 1.64. The molecule has 0 spiro atoms. The van der Waals surface area contributed by atoms with Gasteiger partial charge in [0.05, 0.1) is 10.7 Å². The molecule has 1 aromatic rings. The maximum atomic E-state index is 4.55. The predicted octanol–water partition coefficient (Wildman–Crippen LogP) is 2.83. The first-order chi connectivity index (χ1) is 7.25. The summed E-state index contributed by atoms with van der Waals surface area (Å²) in [5, 5.41) is 4.86. The molecule has 0 aromatic carbocycles. The van der Waals surface area contributed by atoms with Crippen molar-refractivity contribution in [2.45, 2.75) is 52.0 Å². The first-order valence-electron chi connectivity index (χ1n) is 5.92. The average molecular weight is 224 g/mol. The van der Waals surface area contributed by atoms with Crippen LogP contribution in [0.25, 0.3) is 0 Å². The summed E-state index contributed by atoms with van der Waals surface area (Å²) in [4.78, 5) is 5.93. The molecule has 0 atom stereocenters. The molecule has 2 nitrogen and oxygen atoms in total. The monoisotopic (exact) mass is 224 g/mol. The van der Waals surface area contributed by atoms with E-state index in [1.165, 1.54) is 47.8 Å². The minimum atomic E-state index is 0.856. The van der Waals surface area contributed by atoms with Crippen LogP contribution in [-0.2, 0) is 6.42 Å². The van der Waals surface area contributed by atoms with Gasteiger partial charge in [-0.05, 0) is 52.5 Å². The second kappa shape index (κ2) is 5.08. The standard InChI is InChI=1S/C12H20N2S/c1-9-10(2)15-12(14-9)5-3-4-8-13-11-6-7-11/h11,13H,3-8H2,1-2H3. The van der Waals surface area contributed by atoms with E-state index in [-0.39, 0.29) is 0 Å². The van der Waals surface area contributed by atoms with Crippen LogP contribution in [0.4, 0.5) is 0 Å². The van der Waals surface area contributed by atoms with E-state index in [9.17, 15) is 0 Å². The van der Waals surface area contributed by atoms with Crippen LogP contribution in [0.1, 0.15) is 41.3 Å². The summed E-state index contributed by atoms with van der Waals surface area (Å²) in [6.07, 6.45) is 6.50. The molecule has 0 amide bonds. The highest BCUT2D eigenvalue weighted by molar-refractivity contribution is 7.11. The third-order valence-corrected chi connectivity index (χ3v) is 4.03. The Hall–Kier alpha value is -0.410. The molecule has 2 rings (SSSR count). The van der Waals surface area contributed by atoms with Crippen molar-refractivity contribution in [1.29, 1.82) is 0 Å². The van der Waals surface area contributed by atoms with Crippen molar-refractivity contribution in [3.63, 3.8) is 0 Å². The van der Waals surface area contributed by atoms with Gasteiger partial charge in [0.25, 0.3) is 0 Å². The summed E-state index contributed by atoms with van der Waals surface area (Å²) in [7, 11) is 0. The number of hydrogen-bond acceptors (Lipinski definition) is 3. The number of thiazole rings is 1. The first-order valence-corrected chi connectivity index (χ1v) is 6.73. The highest BCUT2D eigenvalue weighted by Gasteiger charge is 2.19. The van der Waals surface area contributed by atoms with Gasteiger partial charge in [-0.2, -0.15) is 0 Å². The summed E-state index contributed by atoms with van der Waals surface area (Å²) in [6.45, 7) is 5.45. The van der Waals surface area contributed by atoms with E-state index in [1.54, 1.807) is 0 Å². The Kier molecular flexibility index (Phi) is 3.76. The van der Waals surface area contributed by atoms with Crippen LogP contribution in [0.3, 0.4) is 0 Å². The van der Waals surface area contributed by atoms with Gasteiger partial charge in [-0.1, -0.05) is 0 Å². The Bertz CT molecular complexity index is 296. The van der Waals surface area contributed by atoms with Crippen molar-refractivity contribution in [2.75, 3.05) is 6.54 Å². The molecule has 1 fully saturated rings. The van der Waals surface area contributed by atoms with Gasteiger partial charge >= 0.3 is 0 Å². The summed E-state index contributed by atoms with van der Waals surface area (Å²) in [6, 6.07) is 0.856. The summed E-state index contributed by atoms with van der Waals surface area (Å²) < 4.78 is 0. The first kappa shape index (κ1) is 11.1. The third-order valence-electron chi connectivity index (χ3n) is 2.90. The summed E-state index contributed by atoms with van der Waals surface area (Å²) >= 11 is 1.86. The normalized spacial score (nSPS) is 15.9. The molecule has 1 aromatic heterocycles. The number of aromatic nitrogens is 1. The van der Waals surface area contributed by atoms with Gasteiger partial charge in [0.2, 0.25) is 0 Å². The minimum absolute atomic E-state index is 0.856. The highest BCUT2D eigenvalue weighted by atomic mass is 32.1. The smallest absolute Gasteiger partial charge is 0.0930 e. The van der Waals surface area contributed by atoms with Crippen molar-refractivity contribution >= 4 is 11.3 Å². The van der Waals surface area contributed by atoms with Crippen LogP contribution in [0.5, 0.6) is 0 Å². The van der Waals surface area contributed by atoms with Crippen molar-refractivity contribution in [3.05, 3.63) is 15.6 Å². The van der Waals surface area contributed by atoms with Crippen molar-refractivity contribution in [3.8, 4) is 0 Å². The highest BCUT2D eigenvalue weighted by Crippen LogP contribution is 2.19. The quantitative estimate of drug-likeness (QED) is 0.752. The van der Waals surface area contributed by atoms with Crippen LogP contribution >= 0.6 is 11.3 Å². The van der Waals surface area contributed by atoms with Crippen LogP contribution in [0.2, 0.25) is 0 Å². The molecule has 1 heterocycles. The Balaban J connectivity index is 1.60. The Morgan fingerprint density at radius 1 is 1.33 bits per heavy atom. The molecule has 3 heteroatoms. The number of aryl methyl sites for hydroxylation is 3. The van der Waals surface area contributed by atoms with Crippen LogP contribution in [0.15, 0.2) is 0 Å². The number of hydrogen-bond donors (Lipinski definition) is 1. The van der Waals surface area contributed by atoms with Gasteiger partial charge in [-0.3, -0.25) is 0 Å². The van der Waals surface area contributed by atoms with E-state index in [0.29, 0.717) is 0 Å². The zero-order valence-electron chi connectivity index (χ0n) is 9.68. The molecule has 0 unspecified atom stereocenters. The Morgan fingerprint density at radius 3 is 2.73 bits per heavy atom. The van der Waals surface area contributed by atoms with E-state index in [1.807, 2.05) is 11.3 Å². The van der Waals surface area contributed by atoms with Crippen LogP contribution in [0, 0.1) is 13.8 Å². The Morgan fingerprint density at radius 2 is 2.13 bits per heavy atom. The molecule has 0 aliphatic heterocycles. The molecule has 1 N–H and O–H groups in total. The fraction of sp³-hybridized carbons (Fsp3) is 0.750. The third kappa shape index (κ3) is 3.58. The minimum Gasteiger partial charge on any atom is -0.314 e. The van der Waals surface area contributed by atoms with Gasteiger partial charge in [0.1, 0.15) is 0 Å². The average Bonchev–Trinajstić information content (AvgIpc) is 2.95. The number of nitrogens with zero attached hydrogens (tertiary/aromatic N) is 1. The lowest BCUT2D eigenvalue weighted by atomic mass is 10.2. The van der Waals surface area contributed by atoms with Gasteiger partial charge in [0, 0.05) is 10.9 Å². The SMILES string of the molecule is Cc1nc(CCCCNC2CC2)sc1C. The van der Waals surface area contributed by atoms with E-state index in [2.05, 4.69) is 24.1 Å². The van der Waals surface area contributed by atoms with Gasteiger partial charge in [0.15, 0.2) is 0 Å². The molecular weight excluding hydrogens is 204 g/mol. The largest absolute Gasteiger partial charge is 0.314 e. The van der Waals surface area contributed by atoms with Crippen molar-refractivity contribution < 1.29 is 0 Å². The molecule has 1 saturated carbocycles. The van der Waals surface area contributed by atoms with E-state index >= 15 is 0 Å². The Labute approximate surface area is 96.1 Å². The maximum Gasteiger partial charge on any atom is 0.0930 e.